The lowest BCUT2D eigenvalue weighted by Gasteiger charge is -2.28. The summed E-state index contributed by atoms with van der Waals surface area (Å²) in [6, 6.07) is 68.1. The molecule has 0 aliphatic heterocycles. The molecule has 1 aromatic heterocycles. The molecule has 0 spiro atoms. The van der Waals surface area contributed by atoms with Crippen LogP contribution >= 0.6 is 11.3 Å². The van der Waals surface area contributed by atoms with Crippen molar-refractivity contribution in [1.82, 2.24) is 0 Å². The average Bonchev–Trinajstić information content (AvgIpc) is 3.55. The molecular weight excluding hydrogens is 599 g/mol. The van der Waals surface area contributed by atoms with Crippen LogP contribution in [0.1, 0.15) is 0 Å². The second kappa shape index (κ2) is 12.0. The summed E-state index contributed by atoms with van der Waals surface area (Å²) in [6.45, 7) is 0. The van der Waals surface area contributed by atoms with E-state index in [1.807, 2.05) is 11.3 Å². The Balaban J connectivity index is 1.20. The van der Waals surface area contributed by atoms with Gasteiger partial charge in [0.15, 0.2) is 0 Å². The van der Waals surface area contributed by atoms with Crippen LogP contribution in [-0.2, 0) is 0 Å². The van der Waals surface area contributed by atoms with E-state index >= 15 is 0 Å². The molecule has 0 unspecified atom stereocenters. The summed E-state index contributed by atoms with van der Waals surface area (Å²) >= 11 is 1.86. The molecule has 0 bridgehead atoms. The maximum atomic E-state index is 2.40. The minimum absolute atomic E-state index is 1.11. The van der Waals surface area contributed by atoms with Gasteiger partial charge in [0, 0.05) is 37.1 Å². The molecule has 8 aromatic carbocycles. The molecule has 0 atom stereocenters. The third-order valence-electron chi connectivity index (χ3n) is 9.28. The van der Waals surface area contributed by atoms with Crippen molar-refractivity contribution < 1.29 is 0 Å². The molecular formula is C46H31NS. The van der Waals surface area contributed by atoms with Crippen LogP contribution in [0.3, 0.4) is 0 Å². The lowest BCUT2D eigenvalue weighted by Crippen LogP contribution is -2.11. The van der Waals surface area contributed by atoms with Gasteiger partial charge in [0.05, 0.1) is 5.69 Å². The zero-order valence-electron chi connectivity index (χ0n) is 26.3. The lowest BCUT2D eigenvalue weighted by atomic mass is 9.96. The Morgan fingerprint density at radius 3 is 1.71 bits per heavy atom. The molecule has 0 aliphatic carbocycles. The molecule has 1 nitrogen and oxygen atoms in total. The van der Waals surface area contributed by atoms with Crippen LogP contribution in [0.4, 0.5) is 17.1 Å². The second-order valence-corrected chi connectivity index (χ2v) is 13.2. The molecule has 2 heteroatoms. The third-order valence-corrected chi connectivity index (χ3v) is 10.4. The number of fused-ring (bicyclic) bond motifs is 4. The van der Waals surface area contributed by atoms with E-state index in [0.29, 0.717) is 0 Å². The average molecular weight is 630 g/mol. The van der Waals surface area contributed by atoms with Gasteiger partial charge < -0.3 is 4.90 Å². The Morgan fingerprint density at radius 1 is 0.354 bits per heavy atom. The highest BCUT2D eigenvalue weighted by Crippen LogP contribution is 2.46. The van der Waals surface area contributed by atoms with Crippen molar-refractivity contribution in [3.63, 3.8) is 0 Å². The quantitative estimate of drug-likeness (QED) is 0.177. The van der Waals surface area contributed by atoms with Gasteiger partial charge in [-0.05, 0) is 87.1 Å². The van der Waals surface area contributed by atoms with Gasteiger partial charge in [-0.15, -0.1) is 11.3 Å². The summed E-state index contributed by atoms with van der Waals surface area (Å²) in [5.74, 6) is 0. The molecule has 0 amide bonds. The first-order valence-corrected chi connectivity index (χ1v) is 17.2. The predicted molar refractivity (Wildman–Crippen MR) is 208 cm³/mol. The molecule has 1 heterocycles. The Labute approximate surface area is 284 Å². The second-order valence-electron chi connectivity index (χ2n) is 12.2. The number of para-hydroxylation sites is 1. The fourth-order valence-electron chi connectivity index (χ4n) is 6.93. The fraction of sp³-hybridized carbons (Fsp3) is 0. The van der Waals surface area contributed by atoms with Gasteiger partial charge >= 0.3 is 0 Å². The maximum absolute atomic E-state index is 2.40. The maximum Gasteiger partial charge on any atom is 0.0540 e. The molecule has 0 radical (unpaired) electrons. The SMILES string of the molecule is c1ccc(-c2ccc(N(c3ccc(-c4ccc5ccccc5c4)cc3)c3ccccc3-c3cccc4sc5ccccc5c34)cc2)cc1. The zero-order valence-corrected chi connectivity index (χ0v) is 27.1. The highest BCUT2D eigenvalue weighted by molar-refractivity contribution is 7.25. The van der Waals surface area contributed by atoms with E-state index in [1.165, 1.54) is 64.3 Å². The summed E-state index contributed by atoms with van der Waals surface area (Å²) < 4.78 is 2.62. The van der Waals surface area contributed by atoms with E-state index in [-0.39, 0.29) is 0 Å². The summed E-state index contributed by atoms with van der Waals surface area (Å²) in [6.07, 6.45) is 0. The standard InChI is InChI=1S/C46H31NS/c1-2-11-32(12-3-1)34-23-27-38(28-24-34)47(39-29-25-35(26-30-39)37-22-21-33-13-4-5-14-36(33)31-37)43-18-8-6-15-40(43)41-17-10-20-45-46(41)42-16-7-9-19-44(42)48-45/h1-31H. The molecule has 9 rings (SSSR count). The van der Waals surface area contributed by atoms with Crippen LogP contribution in [-0.4, -0.2) is 0 Å². The summed E-state index contributed by atoms with van der Waals surface area (Å²) in [5.41, 5.74) is 10.7. The van der Waals surface area contributed by atoms with E-state index in [2.05, 4.69) is 193 Å². The van der Waals surface area contributed by atoms with Crippen LogP contribution < -0.4 is 4.90 Å². The van der Waals surface area contributed by atoms with Crippen LogP contribution in [0.25, 0.3) is 64.3 Å². The van der Waals surface area contributed by atoms with Gasteiger partial charge in [0.25, 0.3) is 0 Å². The number of hydrogen-bond donors (Lipinski definition) is 0. The van der Waals surface area contributed by atoms with Gasteiger partial charge in [-0.3, -0.25) is 0 Å². The van der Waals surface area contributed by atoms with Crippen molar-refractivity contribution in [1.29, 1.82) is 0 Å². The zero-order chi connectivity index (χ0) is 31.9. The normalized spacial score (nSPS) is 11.3. The molecule has 0 fully saturated rings. The van der Waals surface area contributed by atoms with Crippen LogP contribution in [0.15, 0.2) is 188 Å². The Kier molecular flexibility index (Phi) is 7.07. The minimum atomic E-state index is 1.11. The van der Waals surface area contributed by atoms with Crippen molar-refractivity contribution in [3.8, 4) is 33.4 Å². The van der Waals surface area contributed by atoms with Gasteiger partial charge in [-0.25, -0.2) is 0 Å². The highest BCUT2D eigenvalue weighted by Gasteiger charge is 2.20. The number of rotatable bonds is 6. The Bertz CT molecular complexity index is 2540. The van der Waals surface area contributed by atoms with E-state index < -0.39 is 0 Å². The molecule has 0 N–H and O–H groups in total. The largest absolute Gasteiger partial charge is 0.310 e. The fourth-order valence-corrected chi connectivity index (χ4v) is 8.06. The number of hydrogen-bond acceptors (Lipinski definition) is 2. The molecule has 0 saturated carbocycles. The minimum Gasteiger partial charge on any atom is -0.310 e. The Hall–Kier alpha value is -5.96. The lowest BCUT2D eigenvalue weighted by molar-refractivity contribution is 1.28. The van der Waals surface area contributed by atoms with Gasteiger partial charge in [-0.2, -0.15) is 0 Å². The van der Waals surface area contributed by atoms with Crippen molar-refractivity contribution >= 4 is 59.3 Å². The number of nitrogens with zero attached hydrogens (tertiary/aromatic N) is 1. The van der Waals surface area contributed by atoms with Gasteiger partial charge in [-0.1, -0.05) is 140 Å². The number of anilines is 3. The first-order valence-electron chi connectivity index (χ1n) is 16.3. The molecule has 226 valence electrons. The van der Waals surface area contributed by atoms with E-state index in [0.717, 1.165) is 17.1 Å². The molecule has 0 saturated heterocycles. The van der Waals surface area contributed by atoms with Crippen molar-refractivity contribution in [2.24, 2.45) is 0 Å². The first kappa shape index (κ1) is 28.3. The number of thiophene rings is 1. The molecule has 48 heavy (non-hydrogen) atoms. The summed E-state index contributed by atoms with van der Waals surface area (Å²) in [5, 5.41) is 5.13. The first-order chi connectivity index (χ1) is 23.8. The highest BCUT2D eigenvalue weighted by atomic mass is 32.1. The van der Waals surface area contributed by atoms with E-state index in [9.17, 15) is 0 Å². The van der Waals surface area contributed by atoms with E-state index in [1.54, 1.807) is 0 Å². The van der Waals surface area contributed by atoms with Crippen LogP contribution in [0.2, 0.25) is 0 Å². The van der Waals surface area contributed by atoms with Crippen LogP contribution in [0.5, 0.6) is 0 Å². The Morgan fingerprint density at radius 2 is 0.917 bits per heavy atom. The van der Waals surface area contributed by atoms with Gasteiger partial charge in [0.1, 0.15) is 0 Å². The monoisotopic (exact) mass is 629 g/mol. The van der Waals surface area contributed by atoms with Crippen LogP contribution in [0, 0.1) is 0 Å². The molecule has 9 aromatic rings. The van der Waals surface area contributed by atoms with Crippen molar-refractivity contribution in [2.45, 2.75) is 0 Å². The van der Waals surface area contributed by atoms with Crippen molar-refractivity contribution in [2.75, 3.05) is 4.90 Å². The third kappa shape index (κ3) is 5.04. The van der Waals surface area contributed by atoms with Crippen molar-refractivity contribution in [3.05, 3.63) is 188 Å². The van der Waals surface area contributed by atoms with E-state index in [4.69, 9.17) is 0 Å². The molecule has 0 aliphatic rings. The summed E-state index contributed by atoms with van der Waals surface area (Å²) in [4.78, 5) is 2.40. The smallest absolute Gasteiger partial charge is 0.0540 e. The topological polar surface area (TPSA) is 3.24 Å². The predicted octanol–water partition coefficient (Wildman–Crippen LogP) is 13.7. The number of benzene rings is 8. The van der Waals surface area contributed by atoms with Gasteiger partial charge in [0.2, 0.25) is 0 Å². The summed E-state index contributed by atoms with van der Waals surface area (Å²) in [7, 11) is 0.